The number of H-pyrrole nitrogens is 1. The van der Waals surface area contributed by atoms with E-state index in [1.165, 1.54) is 5.56 Å². The molecule has 0 saturated heterocycles. The normalized spacial score (nSPS) is 10.0. The van der Waals surface area contributed by atoms with Crippen molar-refractivity contribution in [3.8, 4) is 5.75 Å². The maximum Gasteiger partial charge on any atom is 0.153 e. The molecule has 2 aromatic carbocycles. The van der Waals surface area contributed by atoms with Gasteiger partial charge in [0.1, 0.15) is 12.4 Å². The van der Waals surface area contributed by atoms with Crippen LogP contribution in [-0.4, -0.2) is 10.2 Å². The number of aromatic amines is 1. The molecule has 4 heteroatoms. The van der Waals surface area contributed by atoms with Gasteiger partial charge in [0.25, 0.3) is 0 Å². The molecule has 4 nitrogen and oxygen atoms in total. The highest BCUT2D eigenvalue weighted by atomic mass is 16.5. The fourth-order valence-electron chi connectivity index (χ4n) is 2.08. The fourth-order valence-corrected chi connectivity index (χ4v) is 2.08. The van der Waals surface area contributed by atoms with E-state index in [1.807, 2.05) is 38.1 Å². The van der Waals surface area contributed by atoms with Gasteiger partial charge in [-0.2, -0.15) is 5.10 Å². The van der Waals surface area contributed by atoms with Crippen LogP contribution in [-0.2, 0) is 6.61 Å². The molecule has 0 aliphatic carbocycles. The Balaban J connectivity index is 0.000000774. The van der Waals surface area contributed by atoms with Crippen LogP contribution in [0, 0.1) is 6.92 Å². The van der Waals surface area contributed by atoms with Crippen LogP contribution in [0.2, 0.25) is 0 Å². The summed E-state index contributed by atoms with van der Waals surface area (Å²) in [5.41, 5.74) is 9.00. The van der Waals surface area contributed by atoms with Crippen LogP contribution in [0.3, 0.4) is 0 Å². The van der Waals surface area contributed by atoms with E-state index in [4.69, 9.17) is 10.5 Å². The summed E-state index contributed by atoms with van der Waals surface area (Å²) in [6.45, 7) is 6.62. The molecule has 21 heavy (non-hydrogen) atoms. The maximum atomic E-state index is 5.78. The van der Waals surface area contributed by atoms with Crippen LogP contribution < -0.4 is 10.5 Å². The number of benzene rings is 2. The summed E-state index contributed by atoms with van der Waals surface area (Å²) in [6, 6.07) is 14.0. The number of hydrogen-bond acceptors (Lipinski definition) is 3. The second-order valence-electron chi connectivity index (χ2n) is 4.59. The Bertz CT molecular complexity index is 719. The molecular formula is C17H21N3O. The number of nitrogen functional groups attached to an aromatic ring is 1. The zero-order valence-electron chi connectivity index (χ0n) is 12.7. The van der Waals surface area contributed by atoms with Crippen molar-refractivity contribution in [1.82, 2.24) is 10.2 Å². The monoisotopic (exact) mass is 283 g/mol. The Kier molecular flexibility index (Phi) is 4.82. The third-order valence-electron chi connectivity index (χ3n) is 3.05. The minimum atomic E-state index is 0.514. The van der Waals surface area contributed by atoms with Crippen LogP contribution in [0.15, 0.2) is 42.5 Å². The van der Waals surface area contributed by atoms with E-state index in [1.54, 1.807) is 0 Å². The minimum absolute atomic E-state index is 0.514. The minimum Gasteiger partial charge on any atom is -0.489 e. The summed E-state index contributed by atoms with van der Waals surface area (Å²) in [6.07, 6.45) is 0. The van der Waals surface area contributed by atoms with E-state index in [0.717, 1.165) is 22.2 Å². The molecular weight excluding hydrogens is 262 g/mol. The van der Waals surface area contributed by atoms with Crippen molar-refractivity contribution in [1.29, 1.82) is 0 Å². The largest absolute Gasteiger partial charge is 0.489 e. The van der Waals surface area contributed by atoms with Crippen molar-refractivity contribution in [3.05, 3.63) is 53.6 Å². The van der Waals surface area contributed by atoms with Crippen molar-refractivity contribution < 1.29 is 4.74 Å². The number of nitrogens with one attached hydrogen (secondary N) is 1. The molecule has 1 heterocycles. The second-order valence-corrected chi connectivity index (χ2v) is 4.59. The lowest BCUT2D eigenvalue weighted by atomic mass is 10.1. The lowest BCUT2D eigenvalue weighted by Gasteiger charge is -2.07. The van der Waals surface area contributed by atoms with Gasteiger partial charge in [-0.1, -0.05) is 43.7 Å². The van der Waals surface area contributed by atoms with Gasteiger partial charge >= 0.3 is 0 Å². The lowest BCUT2D eigenvalue weighted by Crippen LogP contribution is -1.95. The molecule has 0 radical (unpaired) electrons. The zero-order chi connectivity index (χ0) is 15.2. The van der Waals surface area contributed by atoms with Crippen LogP contribution in [0.4, 0.5) is 5.82 Å². The van der Waals surface area contributed by atoms with Gasteiger partial charge in [0.05, 0.1) is 5.52 Å². The number of aryl methyl sites for hydroxylation is 1. The van der Waals surface area contributed by atoms with Gasteiger partial charge in [-0.15, -0.1) is 0 Å². The first-order valence-corrected chi connectivity index (χ1v) is 7.14. The SMILES string of the molecule is CC.Cc1cccc(COc2ccc3c(N)n[nH]c3c2)c1. The Morgan fingerprint density at radius 3 is 2.71 bits per heavy atom. The van der Waals surface area contributed by atoms with E-state index in [9.17, 15) is 0 Å². The summed E-state index contributed by atoms with van der Waals surface area (Å²) in [5, 5.41) is 7.76. The standard InChI is InChI=1S/C15H15N3O.C2H6/c1-10-3-2-4-11(7-10)9-19-12-5-6-13-14(8-12)17-18-15(13)16;1-2/h2-8H,9H2,1H3,(H3,16,17,18);1-2H3. The summed E-state index contributed by atoms with van der Waals surface area (Å²) in [4.78, 5) is 0. The molecule has 0 fully saturated rings. The van der Waals surface area contributed by atoms with Gasteiger partial charge in [-0.25, -0.2) is 0 Å². The molecule has 3 N–H and O–H groups in total. The van der Waals surface area contributed by atoms with Crippen molar-refractivity contribution >= 4 is 16.7 Å². The molecule has 3 aromatic rings. The molecule has 110 valence electrons. The Labute approximate surface area is 124 Å². The van der Waals surface area contributed by atoms with Crippen LogP contribution in [0.25, 0.3) is 10.9 Å². The molecule has 1 aromatic heterocycles. The summed E-state index contributed by atoms with van der Waals surface area (Å²) in [5.74, 6) is 1.32. The highest BCUT2D eigenvalue weighted by Gasteiger charge is 2.03. The molecule has 0 bridgehead atoms. The summed E-state index contributed by atoms with van der Waals surface area (Å²) >= 11 is 0. The van der Waals surface area contributed by atoms with Crippen LogP contribution in [0.5, 0.6) is 5.75 Å². The lowest BCUT2D eigenvalue weighted by molar-refractivity contribution is 0.306. The van der Waals surface area contributed by atoms with Gasteiger partial charge in [0, 0.05) is 11.5 Å². The van der Waals surface area contributed by atoms with Crippen molar-refractivity contribution in [2.45, 2.75) is 27.4 Å². The first kappa shape index (κ1) is 14.9. The number of ether oxygens (including phenoxy) is 1. The third-order valence-corrected chi connectivity index (χ3v) is 3.05. The molecule has 0 amide bonds. The molecule has 3 rings (SSSR count). The van der Waals surface area contributed by atoms with E-state index < -0.39 is 0 Å². The van der Waals surface area contributed by atoms with Crippen LogP contribution >= 0.6 is 0 Å². The summed E-state index contributed by atoms with van der Waals surface area (Å²) in [7, 11) is 0. The molecule has 0 unspecified atom stereocenters. The van der Waals surface area contributed by atoms with Gasteiger partial charge < -0.3 is 10.5 Å². The van der Waals surface area contributed by atoms with Crippen molar-refractivity contribution in [2.75, 3.05) is 5.73 Å². The Morgan fingerprint density at radius 1 is 1.14 bits per heavy atom. The highest BCUT2D eigenvalue weighted by Crippen LogP contribution is 2.23. The smallest absolute Gasteiger partial charge is 0.153 e. The number of rotatable bonds is 3. The maximum absolute atomic E-state index is 5.78. The molecule has 0 spiro atoms. The number of nitrogens with zero attached hydrogens (tertiary/aromatic N) is 1. The van der Waals surface area contributed by atoms with Crippen molar-refractivity contribution in [2.24, 2.45) is 0 Å². The molecule has 0 aliphatic rings. The Hall–Kier alpha value is -2.49. The first-order chi connectivity index (χ1) is 10.2. The van der Waals surface area contributed by atoms with E-state index in [2.05, 4.69) is 35.3 Å². The van der Waals surface area contributed by atoms with Gasteiger partial charge in [-0.3, -0.25) is 5.10 Å². The van der Waals surface area contributed by atoms with Gasteiger partial charge in [0.15, 0.2) is 5.82 Å². The van der Waals surface area contributed by atoms with E-state index in [0.29, 0.717) is 12.4 Å². The van der Waals surface area contributed by atoms with Gasteiger partial charge in [0.2, 0.25) is 0 Å². The zero-order valence-corrected chi connectivity index (χ0v) is 12.7. The average Bonchev–Trinajstić information content (AvgIpc) is 2.88. The number of aromatic nitrogens is 2. The molecule has 0 aliphatic heterocycles. The molecule has 0 saturated carbocycles. The summed E-state index contributed by atoms with van der Waals surface area (Å²) < 4.78 is 5.78. The second kappa shape index (κ2) is 6.79. The topological polar surface area (TPSA) is 63.9 Å². The number of nitrogens with two attached hydrogens (primary N) is 1. The van der Waals surface area contributed by atoms with E-state index >= 15 is 0 Å². The van der Waals surface area contributed by atoms with Crippen LogP contribution in [0.1, 0.15) is 25.0 Å². The first-order valence-electron chi connectivity index (χ1n) is 7.14. The number of hydrogen-bond donors (Lipinski definition) is 2. The fraction of sp³-hybridized carbons (Fsp3) is 0.235. The number of anilines is 1. The molecule has 0 atom stereocenters. The number of fused-ring (bicyclic) bond motifs is 1. The average molecular weight is 283 g/mol. The predicted molar refractivity (Wildman–Crippen MR) is 87.4 cm³/mol. The van der Waals surface area contributed by atoms with E-state index in [-0.39, 0.29) is 0 Å². The quantitative estimate of drug-likeness (QED) is 0.762. The highest BCUT2D eigenvalue weighted by molar-refractivity contribution is 5.89. The third kappa shape index (κ3) is 3.54. The van der Waals surface area contributed by atoms with Gasteiger partial charge in [-0.05, 0) is 24.6 Å². The predicted octanol–water partition coefficient (Wildman–Crippen LogP) is 4.06. The Morgan fingerprint density at radius 2 is 1.95 bits per heavy atom. The van der Waals surface area contributed by atoms with Crippen molar-refractivity contribution in [3.63, 3.8) is 0 Å².